The van der Waals surface area contributed by atoms with E-state index in [1.807, 2.05) is 0 Å². The van der Waals surface area contributed by atoms with Gasteiger partial charge in [-0.05, 0) is 55.5 Å². The van der Waals surface area contributed by atoms with Gasteiger partial charge in [0, 0.05) is 6.42 Å². The molecule has 6 rings (SSSR count). The van der Waals surface area contributed by atoms with E-state index in [1.165, 1.54) is 91.9 Å². The quantitative estimate of drug-likeness (QED) is 0.0247. The number of alkyl halides is 6. The topological polar surface area (TPSA) is 253 Å². The van der Waals surface area contributed by atoms with E-state index >= 15 is 0 Å². The Labute approximate surface area is 463 Å². The molecule has 2 aliphatic heterocycles. The van der Waals surface area contributed by atoms with Gasteiger partial charge in [-0.1, -0.05) is 142 Å². The second kappa shape index (κ2) is 27.3. The number of carbonyl (C=O) groups excluding carboxylic acids is 8. The fraction of sp³-hybridized carbons (Fsp3) is 0.340. The molecule has 0 unspecified atom stereocenters. The highest BCUT2D eigenvalue weighted by Gasteiger charge is 2.60. The number of ketones is 1. The molecule has 0 aromatic heterocycles. The molecule has 1 amide bonds. The Morgan fingerprint density at radius 3 is 1.51 bits per heavy atom. The Hall–Kier alpha value is -6.07. The summed E-state index contributed by atoms with van der Waals surface area (Å²) in [7, 11) is 0.935. The number of amides is 1. The first-order valence-corrected chi connectivity index (χ1v) is 24.8. The van der Waals surface area contributed by atoms with E-state index in [9.17, 15) is 38.4 Å². The maximum absolute atomic E-state index is 14.3. The van der Waals surface area contributed by atoms with Crippen molar-refractivity contribution in [3.05, 3.63) is 144 Å². The molecule has 0 radical (unpaired) electrons. The zero-order valence-corrected chi connectivity index (χ0v) is 44.1. The summed E-state index contributed by atoms with van der Waals surface area (Å²) < 4.78 is 54.6. The molecule has 4 aromatic rings. The summed E-state index contributed by atoms with van der Waals surface area (Å²) >= 11 is 35.9. The maximum Gasteiger partial charge on any atom is 0.339 e. The highest BCUT2D eigenvalue weighted by molar-refractivity contribution is 6.76. The third kappa shape index (κ3) is 16.7. The van der Waals surface area contributed by atoms with Gasteiger partial charge in [-0.25, -0.2) is 29.0 Å². The zero-order chi connectivity index (χ0) is 55.2. The molecule has 2 fully saturated rings. The molecule has 1 N–H and O–H groups in total. The van der Waals surface area contributed by atoms with Gasteiger partial charge in [0.15, 0.2) is 43.2 Å². The van der Waals surface area contributed by atoms with Crippen LogP contribution < -0.4 is 5.32 Å². The molecular formula is C50H44Cl6N2O18. The normalized spacial score (nSPS) is 23.5. The van der Waals surface area contributed by atoms with Gasteiger partial charge in [-0.15, -0.1) is 0 Å². The molecule has 2 heterocycles. The zero-order valence-electron chi connectivity index (χ0n) is 39.6. The van der Waals surface area contributed by atoms with Crippen molar-refractivity contribution in [2.75, 3.05) is 13.7 Å². The Morgan fingerprint density at radius 1 is 0.579 bits per heavy atom. The molecule has 0 saturated carbocycles. The number of methoxy groups -OCH3 is 1. The van der Waals surface area contributed by atoms with Crippen LogP contribution in [0.2, 0.25) is 0 Å². The second-order valence-electron chi connectivity index (χ2n) is 16.3. The predicted octanol–water partition coefficient (Wildman–Crippen LogP) is 7.04. The summed E-state index contributed by atoms with van der Waals surface area (Å²) in [5.41, 5.74) is -0.186. The van der Waals surface area contributed by atoms with E-state index in [0.717, 1.165) is 7.11 Å². The van der Waals surface area contributed by atoms with Gasteiger partial charge in [-0.3, -0.25) is 9.59 Å². The minimum atomic E-state index is -2.78. The summed E-state index contributed by atoms with van der Waals surface area (Å²) in [5, 5.41) is 2.39. The lowest BCUT2D eigenvalue weighted by Gasteiger charge is -2.49. The molecule has 4 aromatic carbocycles. The smallest absolute Gasteiger partial charge is 0.339 e. The highest BCUT2D eigenvalue weighted by Crippen LogP contribution is 2.37. The lowest BCUT2D eigenvalue weighted by atomic mass is 9.94. The summed E-state index contributed by atoms with van der Waals surface area (Å²) in [6.45, 7) is 0.399. The molecule has 26 heteroatoms. The second-order valence-corrected chi connectivity index (χ2v) is 20.8. The number of hydrogen-bond acceptors (Lipinski definition) is 19. The number of benzene rings is 4. The van der Waals surface area contributed by atoms with Gasteiger partial charge in [0.05, 0.1) is 35.8 Å². The number of Topliss-reactive ketones (excluding diaryl/α,β-unsaturated/α-hetero) is 1. The average Bonchev–Trinajstić information content (AvgIpc) is 3.43. The predicted molar refractivity (Wildman–Crippen MR) is 270 cm³/mol. The Balaban J connectivity index is 1.58. The van der Waals surface area contributed by atoms with E-state index in [2.05, 4.69) is 10.3 Å². The lowest BCUT2D eigenvalue weighted by Crippen LogP contribution is -2.70. The summed E-state index contributed by atoms with van der Waals surface area (Å²) in [6.07, 6.45) is -18.8. The molecule has 10 atom stereocenters. The van der Waals surface area contributed by atoms with Crippen LogP contribution in [0.4, 0.5) is 0 Å². The van der Waals surface area contributed by atoms with Crippen molar-refractivity contribution in [1.82, 2.24) is 5.32 Å². The fourth-order valence-corrected chi connectivity index (χ4v) is 7.65. The van der Waals surface area contributed by atoms with Crippen molar-refractivity contribution in [1.29, 1.82) is 0 Å². The molecule has 0 bridgehead atoms. The van der Waals surface area contributed by atoms with Crippen LogP contribution in [0, 0.1) is 0 Å². The van der Waals surface area contributed by atoms with Crippen LogP contribution in [0.3, 0.4) is 0 Å². The van der Waals surface area contributed by atoms with Crippen LogP contribution in [0.25, 0.3) is 0 Å². The van der Waals surface area contributed by atoms with Gasteiger partial charge in [-0.2, -0.15) is 0 Å². The van der Waals surface area contributed by atoms with Crippen molar-refractivity contribution < 1.29 is 85.7 Å². The third-order valence-electron chi connectivity index (χ3n) is 10.9. The largest absolute Gasteiger partial charge is 0.467 e. The van der Waals surface area contributed by atoms with Crippen LogP contribution in [0.5, 0.6) is 0 Å². The Morgan fingerprint density at radius 2 is 1.05 bits per heavy atom. The van der Waals surface area contributed by atoms with Gasteiger partial charge in [0.25, 0.3) is 13.6 Å². The van der Waals surface area contributed by atoms with Crippen LogP contribution in [-0.2, 0) is 66.5 Å². The number of rotatable bonds is 19. The van der Waals surface area contributed by atoms with E-state index < -0.39 is 130 Å². The van der Waals surface area contributed by atoms with Crippen LogP contribution in [0.15, 0.2) is 126 Å². The molecule has 404 valence electrons. The van der Waals surface area contributed by atoms with Crippen molar-refractivity contribution >= 4 is 124 Å². The number of hydrogen-bond donors (Lipinski definition) is 1. The minimum Gasteiger partial charge on any atom is -0.467 e. The number of carbonyl (C=O) groups is 8. The van der Waals surface area contributed by atoms with Crippen molar-refractivity contribution in [2.24, 2.45) is 4.99 Å². The SMILES string of the molecule is COC(=O)[C@H]1O[C@@H](O[C@@H]2[C@@H](NC(=O)C(Cl)(Cl)Cl)[C@H](O/C=N/C(Cl)(Cl)Cl)O[C@H](COC(=O)c3ccccc3)[C@H]2OC(=O)c2ccccc2)[C@H](OC(=O)c2ccccc2)[C@@H](OC(=O)c2ccccc2)[C@@H]1OC(=O)CCC(C)=O. The molecule has 0 aliphatic carbocycles. The van der Waals surface area contributed by atoms with Crippen LogP contribution in [0.1, 0.15) is 61.2 Å². The number of halogens is 6. The number of nitrogens with one attached hydrogen (secondary N) is 1. The maximum atomic E-state index is 14.3. The third-order valence-corrected chi connectivity index (χ3v) is 11.7. The average molecular weight is 1170 g/mol. The fourth-order valence-electron chi connectivity index (χ4n) is 7.37. The van der Waals surface area contributed by atoms with Gasteiger partial charge >= 0.3 is 35.8 Å². The summed E-state index contributed by atoms with van der Waals surface area (Å²) in [6, 6.07) is 27.6. The number of aliphatic imine (C=N–C) groups is 1. The van der Waals surface area contributed by atoms with E-state index in [4.69, 9.17) is 117 Å². The molecular weight excluding hydrogens is 1130 g/mol. The first kappa shape index (κ1) is 59.2. The summed E-state index contributed by atoms with van der Waals surface area (Å²) in [4.78, 5) is 113. The van der Waals surface area contributed by atoms with Gasteiger partial charge in [0.1, 0.15) is 30.6 Å². The number of nitrogens with zero attached hydrogens (tertiary/aromatic N) is 1. The van der Waals surface area contributed by atoms with Crippen LogP contribution in [-0.4, -0.2) is 137 Å². The molecule has 20 nitrogen and oxygen atoms in total. The molecule has 76 heavy (non-hydrogen) atoms. The highest BCUT2D eigenvalue weighted by atomic mass is 35.6. The van der Waals surface area contributed by atoms with Crippen molar-refractivity contribution in [3.63, 3.8) is 0 Å². The van der Waals surface area contributed by atoms with Gasteiger partial charge < -0.3 is 57.5 Å². The Kier molecular flexibility index (Phi) is 21.3. The van der Waals surface area contributed by atoms with E-state index in [-0.39, 0.29) is 28.7 Å². The molecule has 2 saturated heterocycles. The van der Waals surface area contributed by atoms with Crippen molar-refractivity contribution in [3.8, 4) is 0 Å². The monoisotopic (exact) mass is 1170 g/mol. The number of esters is 6. The molecule has 2 aliphatic rings. The summed E-state index contributed by atoms with van der Waals surface area (Å²) in [5.74, 6) is -8.47. The minimum absolute atomic E-state index is 0.0620. The van der Waals surface area contributed by atoms with E-state index in [1.54, 1.807) is 36.4 Å². The molecule has 0 spiro atoms. The van der Waals surface area contributed by atoms with Gasteiger partial charge in [0.2, 0.25) is 6.29 Å². The first-order chi connectivity index (χ1) is 36.1. The first-order valence-electron chi connectivity index (χ1n) is 22.5. The Bertz CT molecular complexity index is 2700. The van der Waals surface area contributed by atoms with Crippen LogP contribution >= 0.6 is 69.6 Å². The van der Waals surface area contributed by atoms with E-state index in [0.29, 0.717) is 6.40 Å². The number of ether oxygens (including phenoxy) is 10. The van der Waals surface area contributed by atoms with Crippen molar-refractivity contribution in [2.45, 2.75) is 88.8 Å². The standard InChI is InChI=1S/C50H44Cl6N2O18/c1-27(59)23-24-33(60)71-37-38(73-43(63)30-19-11-5-12-20-30)40(74-44(64)31-21-13-6-14-22-31)47(76-39(37)45(65)67-2)75-36-34(58-48(66)49(51,52)53)46(69-26-57-50(54,55)56)70-32(25-68-41(61)28-15-7-3-8-16-28)35(36)72-42(62)29-17-9-4-10-18-29/h3-22,26,32,34-40,46-47H,23-25H2,1-2H3,(H,58,66)/b57-26+/t32-,34-,35-,36-,37+,38+,39+,40-,46-,47-/m1/s1. The lowest BCUT2D eigenvalue weighted by molar-refractivity contribution is -0.334.